The fraction of sp³-hybridized carbons (Fsp3) is 0.333. The molecule has 1 aliphatic heterocycles. The molecular formula is C21H21N5O2S. The van der Waals surface area contributed by atoms with Crippen LogP contribution in [0.3, 0.4) is 0 Å². The van der Waals surface area contributed by atoms with Gasteiger partial charge in [0.2, 0.25) is 11.9 Å². The number of aromatic nitrogens is 2. The standard InChI is InChI=1S/C21H21N5O2S/c22-14-15-5-4-6-16(13-15)23-18(27)7-11-26-20(28)19-17(8-12-29-19)24-21(26)25-9-2-1-3-10-25/h4-6,8,12-13H,1-3,7,9-11H2,(H,23,27). The first-order chi connectivity index (χ1) is 14.2. The molecule has 0 bridgehead atoms. The van der Waals surface area contributed by atoms with Gasteiger partial charge in [0.25, 0.3) is 5.56 Å². The number of anilines is 2. The lowest BCUT2D eigenvalue weighted by Gasteiger charge is -2.29. The number of nitrogens with zero attached hydrogens (tertiary/aromatic N) is 4. The Morgan fingerprint density at radius 3 is 2.86 bits per heavy atom. The molecule has 1 aromatic carbocycles. The van der Waals surface area contributed by atoms with Gasteiger partial charge in [-0.2, -0.15) is 5.26 Å². The van der Waals surface area contributed by atoms with Crippen LogP contribution in [-0.2, 0) is 11.3 Å². The number of hydrogen-bond donors (Lipinski definition) is 1. The van der Waals surface area contributed by atoms with Gasteiger partial charge in [-0.05, 0) is 48.9 Å². The topological polar surface area (TPSA) is 91.0 Å². The zero-order chi connectivity index (χ0) is 20.2. The molecule has 148 valence electrons. The first kappa shape index (κ1) is 19.2. The van der Waals surface area contributed by atoms with Crippen LogP contribution in [0.25, 0.3) is 10.2 Å². The van der Waals surface area contributed by atoms with Crippen LogP contribution in [0.5, 0.6) is 0 Å². The van der Waals surface area contributed by atoms with Crippen LogP contribution in [0.15, 0.2) is 40.5 Å². The van der Waals surface area contributed by atoms with Gasteiger partial charge in [-0.25, -0.2) is 4.98 Å². The lowest BCUT2D eigenvalue weighted by molar-refractivity contribution is -0.116. The van der Waals surface area contributed by atoms with E-state index >= 15 is 0 Å². The molecule has 3 aromatic rings. The highest BCUT2D eigenvalue weighted by Crippen LogP contribution is 2.22. The summed E-state index contributed by atoms with van der Waals surface area (Å²) in [7, 11) is 0. The molecule has 3 heterocycles. The number of carbonyl (C=O) groups excluding carboxylic acids is 1. The van der Waals surface area contributed by atoms with Crippen molar-refractivity contribution in [1.82, 2.24) is 9.55 Å². The van der Waals surface area contributed by atoms with Gasteiger partial charge in [0.05, 0.1) is 17.1 Å². The maximum Gasteiger partial charge on any atom is 0.272 e. The third-order valence-electron chi connectivity index (χ3n) is 5.02. The van der Waals surface area contributed by atoms with Crippen LogP contribution < -0.4 is 15.8 Å². The van der Waals surface area contributed by atoms with Crippen molar-refractivity contribution < 1.29 is 4.79 Å². The fourth-order valence-corrected chi connectivity index (χ4v) is 4.35. The van der Waals surface area contributed by atoms with Crippen molar-refractivity contribution >= 4 is 39.1 Å². The van der Waals surface area contributed by atoms with Crippen LogP contribution >= 0.6 is 11.3 Å². The lowest BCUT2D eigenvalue weighted by Crippen LogP contribution is -2.36. The summed E-state index contributed by atoms with van der Waals surface area (Å²) in [6.45, 7) is 2.00. The number of piperidine rings is 1. The van der Waals surface area contributed by atoms with E-state index in [0.29, 0.717) is 21.9 Å². The Balaban J connectivity index is 1.56. The average molecular weight is 407 g/mol. The molecule has 1 amide bonds. The minimum Gasteiger partial charge on any atom is -0.342 e. The smallest absolute Gasteiger partial charge is 0.272 e. The third kappa shape index (κ3) is 4.15. The van der Waals surface area contributed by atoms with Gasteiger partial charge in [0.1, 0.15) is 4.70 Å². The van der Waals surface area contributed by atoms with Gasteiger partial charge in [0.15, 0.2) is 0 Å². The van der Waals surface area contributed by atoms with E-state index < -0.39 is 0 Å². The molecule has 0 aliphatic carbocycles. The minimum absolute atomic E-state index is 0.0927. The molecule has 0 spiro atoms. The lowest BCUT2D eigenvalue weighted by atomic mass is 10.1. The Labute approximate surface area is 172 Å². The summed E-state index contributed by atoms with van der Waals surface area (Å²) in [6, 6.07) is 10.7. The van der Waals surface area contributed by atoms with E-state index in [0.717, 1.165) is 31.4 Å². The molecule has 1 saturated heterocycles. The van der Waals surface area contributed by atoms with Crippen LogP contribution in [-0.4, -0.2) is 28.5 Å². The monoisotopic (exact) mass is 407 g/mol. The molecule has 8 heteroatoms. The Bertz CT molecular complexity index is 1140. The number of thiophene rings is 1. The van der Waals surface area contributed by atoms with Crippen molar-refractivity contribution in [3.8, 4) is 6.07 Å². The second-order valence-corrected chi connectivity index (χ2v) is 7.96. The predicted octanol–water partition coefficient (Wildman–Crippen LogP) is 3.35. The van der Waals surface area contributed by atoms with Crippen LogP contribution in [0.4, 0.5) is 11.6 Å². The Hall–Kier alpha value is -3.18. The number of benzene rings is 1. The molecular weight excluding hydrogens is 386 g/mol. The number of hydrogen-bond acceptors (Lipinski definition) is 6. The van der Waals surface area contributed by atoms with E-state index in [-0.39, 0.29) is 24.4 Å². The molecule has 1 N–H and O–H groups in total. The highest BCUT2D eigenvalue weighted by Gasteiger charge is 2.20. The second kappa shape index (κ2) is 8.45. The van der Waals surface area contributed by atoms with Gasteiger partial charge in [-0.1, -0.05) is 6.07 Å². The molecule has 1 aliphatic rings. The van der Waals surface area contributed by atoms with E-state index in [9.17, 15) is 9.59 Å². The summed E-state index contributed by atoms with van der Waals surface area (Å²) in [6.07, 6.45) is 3.49. The van der Waals surface area contributed by atoms with Crippen molar-refractivity contribution in [3.05, 3.63) is 51.6 Å². The molecule has 2 aromatic heterocycles. The summed E-state index contributed by atoms with van der Waals surface area (Å²) in [5.41, 5.74) is 1.68. The molecule has 0 saturated carbocycles. The first-order valence-electron chi connectivity index (χ1n) is 9.69. The van der Waals surface area contributed by atoms with Crippen molar-refractivity contribution in [1.29, 1.82) is 5.26 Å². The third-order valence-corrected chi connectivity index (χ3v) is 5.91. The highest BCUT2D eigenvalue weighted by atomic mass is 32.1. The number of rotatable bonds is 5. The Kier molecular flexibility index (Phi) is 5.58. The predicted molar refractivity (Wildman–Crippen MR) is 114 cm³/mol. The van der Waals surface area contributed by atoms with E-state index in [4.69, 9.17) is 10.2 Å². The van der Waals surface area contributed by atoms with Crippen molar-refractivity contribution in [3.63, 3.8) is 0 Å². The van der Waals surface area contributed by atoms with E-state index in [1.54, 1.807) is 28.8 Å². The van der Waals surface area contributed by atoms with Gasteiger partial charge in [-0.15, -0.1) is 11.3 Å². The maximum atomic E-state index is 13.0. The molecule has 0 radical (unpaired) electrons. The number of nitrogens with one attached hydrogen (secondary N) is 1. The normalized spacial score (nSPS) is 14.0. The maximum absolute atomic E-state index is 13.0. The quantitative estimate of drug-likeness (QED) is 0.700. The summed E-state index contributed by atoms with van der Waals surface area (Å²) >= 11 is 1.38. The summed E-state index contributed by atoms with van der Waals surface area (Å²) in [5.74, 6) is 0.447. The van der Waals surface area contributed by atoms with Crippen molar-refractivity contribution in [2.24, 2.45) is 0 Å². The summed E-state index contributed by atoms with van der Waals surface area (Å²) in [4.78, 5) is 32.4. The van der Waals surface area contributed by atoms with Gasteiger partial charge >= 0.3 is 0 Å². The zero-order valence-electron chi connectivity index (χ0n) is 15.9. The number of carbonyl (C=O) groups is 1. The highest BCUT2D eigenvalue weighted by molar-refractivity contribution is 7.17. The van der Waals surface area contributed by atoms with E-state index in [1.165, 1.54) is 17.8 Å². The number of fused-ring (bicyclic) bond motifs is 1. The van der Waals surface area contributed by atoms with E-state index in [1.807, 2.05) is 11.4 Å². The van der Waals surface area contributed by atoms with Crippen LogP contribution in [0, 0.1) is 11.3 Å². The second-order valence-electron chi connectivity index (χ2n) is 7.04. The number of nitriles is 1. The summed E-state index contributed by atoms with van der Waals surface area (Å²) < 4.78 is 2.25. The molecule has 0 atom stereocenters. The minimum atomic E-state index is -0.206. The number of amides is 1. The van der Waals surface area contributed by atoms with Crippen molar-refractivity contribution in [2.45, 2.75) is 32.2 Å². The molecule has 1 fully saturated rings. The Morgan fingerprint density at radius 2 is 2.07 bits per heavy atom. The van der Waals surface area contributed by atoms with Gasteiger partial charge < -0.3 is 10.2 Å². The van der Waals surface area contributed by atoms with Crippen LogP contribution in [0.2, 0.25) is 0 Å². The SMILES string of the molecule is N#Cc1cccc(NC(=O)CCn2c(N3CCCCC3)nc3ccsc3c2=O)c1. The first-order valence-corrected chi connectivity index (χ1v) is 10.6. The molecule has 4 rings (SSSR count). The fourth-order valence-electron chi connectivity index (χ4n) is 3.57. The molecule has 7 nitrogen and oxygen atoms in total. The zero-order valence-corrected chi connectivity index (χ0v) is 16.7. The molecule has 29 heavy (non-hydrogen) atoms. The van der Waals surface area contributed by atoms with Gasteiger partial charge in [0, 0.05) is 31.7 Å². The summed E-state index contributed by atoms with van der Waals surface area (Å²) in [5, 5.41) is 13.7. The van der Waals surface area contributed by atoms with Gasteiger partial charge in [-0.3, -0.25) is 14.2 Å². The Morgan fingerprint density at radius 1 is 1.24 bits per heavy atom. The largest absolute Gasteiger partial charge is 0.342 e. The molecule has 0 unspecified atom stereocenters. The van der Waals surface area contributed by atoms with Crippen LogP contribution in [0.1, 0.15) is 31.2 Å². The van der Waals surface area contributed by atoms with E-state index in [2.05, 4.69) is 16.3 Å². The van der Waals surface area contributed by atoms with Crippen molar-refractivity contribution in [2.75, 3.05) is 23.3 Å². The average Bonchev–Trinajstić information content (AvgIpc) is 3.23.